The highest BCUT2D eigenvalue weighted by molar-refractivity contribution is 7.08. The van der Waals surface area contributed by atoms with Crippen LogP contribution in [0.3, 0.4) is 0 Å². The molecule has 1 amide bonds. The molecule has 0 aliphatic carbocycles. The summed E-state index contributed by atoms with van der Waals surface area (Å²) in [4.78, 5) is 12.4. The molecule has 0 spiro atoms. The van der Waals surface area contributed by atoms with Crippen LogP contribution in [0.4, 0.5) is 14.9 Å². The molecule has 3 heterocycles. The molecule has 2 bridgehead atoms. The van der Waals surface area contributed by atoms with Crippen molar-refractivity contribution < 1.29 is 35.4 Å². The molecule has 1 aromatic heterocycles. The number of hydrogen-bond acceptors (Lipinski definition) is 3. The largest absolute Gasteiger partial charge is 1.00 e. The molecule has 0 unspecified atom stereocenters. The molecular weight excluding hydrogens is 431 g/mol. The summed E-state index contributed by atoms with van der Waals surface area (Å²) in [5.74, 6) is -0.452. The van der Waals surface area contributed by atoms with Crippen molar-refractivity contribution in [1.82, 2.24) is 0 Å². The van der Waals surface area contributed by atoms with Gasteiger partial charge in [0.15, 0.2) is 0 Å². The molecule has 4 rings (SSSR count). The number of nitrogens with one attached hydrogen (secondary N) is 1. The van der Waals surface area contributed by atoms with Gasteiger partial charge in [0.2, 0.25) is 0 Å². The Kier molecular flexibility index (Phi) is 5.93. The number of hydrogen-bond donors (Lipinski definition) is 1. The minimum atomic E-state index is -0.566. The molecule has 1 aromatic carbocycles. The average Bonchev–Trinajstić information content (AvgIpc) is 3.13. The van der Waals surface area contributed by atoms with Gasteiger partial charge in [-0.05, 0) is 28.5 Å². The van der Waals surface area contributed by atoms with Crippen molar-refractivity contribution in [3.63, 3.8) is 0 Å². The lowest BCUT2D eigenvalue weighted by Crippen LogP contribution is -3.00. The highest BCUT2D eigenvalue weighted by Gasteiger charge is 2.49. The Morgan fingerprint density at radius 2 is 1.93 bits per heavy atom. The second-order valence-corrected chi connectivity index (χ2v) is 8.59. The number of amides is 1. The molecule has 4 nitrogen and oxygen atoms in total. The molecule has 1 N–H and O–H groups in total. The highest BCUT2D eigenvalue weighted by atomic mass is 79.9. The predicted molar refractivity (Wildman–Crippen MR) is 102 cm³/mol. The van der Waals surface area contributed by atoms with Crippen molar-refractivity contribution in [3.8, 4) is 11.1 Å². The van der Waals surface area contributed by atoms with Gasteiger partial charge in [-0.3, -0.25) is 5.32 Å². The van der Waals surface area contributed by atoms with Crippen molar-refractivity contribution >= 4 is 23.1 Å². The molecule has 27 heavy (non-hydrogen) atoms. The van der Waals surface area contributed by atoms with Gasteiger partial charge in [0.05, 0.1) is 31.9 Å². The number of thiophene rings is 1. The first-order valence-electron chi connectivity index (χ1n) is 9.07. The number of ether oxygens (including phenoxy) is 1. The van der Waals surface area contributed by atoms with Crippen molar-refractivity contribution in [2.45, 2.75) is 43.9 Å². The Bertz CT molecular complexity index is 796. The van der Waals surface area contributed by atoms with E-state index in [2.05, 4.69) is 19.4 Å². The molecule has 0 radical (unpaired) electrons. The summed E-state index contributed by atoms with van der Waals surface area (Å²) in [5, 5.41) is 6.51. The Hall–Kier alpha value is -1.44. The first-order chi connectivity index (χ1) is 12.4. The number of anilines is 1. The average molecular weight is 455 g/mol. The van der Waals surface area contributed by atoms with Crippen LogP contribution >= 0.6 is 11.3 Å². The van der Waals surface area contributed by atoms with E-state index in [1.807, 2.05) is 22.9 Å². The van der Waals surface area contributed by atoms with Gasteiger partial charge in [0.25, 0.3) is 0 Å². The number of nitrogens with zero attached hydrogens (tertiary/aromatic N) is 1. The summed E-state index contributed by atoms with van der Waals surface area (Å²) in [5.41, 5.74) is 1.75. The van der Waals surface area contributed by atoms with Gasteiger partial charge in [0.1, 0.15) is 11.9 Å². The summed E-state index contributed by atoms with van der Waals surface area (Å²) in [6.07, 6.45) is 3.49. The molecule has 0 saturated carbocycles. The fourth-order valence-electron chi connectivity index (χ4n) is 4.52. The molecule has 146 valence electrons. The lowest BCUT2D eigenvalue weighted by atomic mass is 9.98. The van der Waals surface area contributed by atoms with E-state index in [4.69, 9.17) is 4.74 Å². The highest BCUT2D eigenvalue weighted by Crippen LogP contribution is 2.40. The Morgan fingerprint density at radius 1 is 1.22 bits per heavy atom. The topological polar surface area (TPSA) is 38.3 Å². The molecule has 2 fully saturated rings. The minimum absolute atomic E-state index is 0. The number of piperidine rings is 1. The fourth-order valence-corrected chi connectivity index (χ4v) is 5.18. The Morgan fingerprint density at radius 3 is 2.56 bits per heavy atom. The summed E-state index contributed by atoms with van der Waals surface area (Å²) in [7, 11) is 4.54. The van der Waals surface area contributed by atoms with E-state index >= 15 is 0 Å². The monoisotopic (exact) mass is 454 g/mol. The van der Waals surface area contributed by atoms with Crippen LogP contribution in [0.15, 0.2) is 35.0 Å². The van der Waals surface area contributed by atoms with E-state index in [1.54, 1.807) is 6.07 Å². The van der Waals surface area contributed by atoms with Crippen LogP contribution < -0.4 is 22.3 Å². The SMILES string of the molecule is C[N+]1(C)[C@@H]2CC[C@H]1C[C@@H](OC(=O)Nc1c(F)cccc1-c1ccsc1)C2.[Br-]. The van der Waals surface area contributed by atoms with E-state index in [0.29, 0.717) is 17.6 Å². The summed E-state index contributed by atoms with van der Waals surface area (Å²) in [6.45, 7) is 0. The first kappa shape index (κ1) is 20.3. The van der Waals surface area contributed by atoms with Gasteiger partial charge in [-0.25, -0.2) is 9.18 Å². The normalized spacial score (nSPS) is 25.5. The predicted octanol–water partition coefficient (Wildman–Crippen LogP) is 1.88. The number of halogens is 2. The number of rotatable bonds is 3. The van der Waals surface area contributed by atoms with E-state index in [9.17, 15) is 9.18 Å². The number of carbonyl (C=O) groups is 1. The maximum absolute atomic E-state index is 14.3. The zero-order valence-corrected chi connectivity index (χ0v) is 17.9. The fraction of sp³-hybridized carbons (Fsp3) is 0.450. The number of carbonyl (C=O) groups excluding carboxylic acids is 1. The molecule has 2 saturated heterocycles. The lowest BCUT2D eigenvalue weighted by molar-refractivity contribution is -0.931. The number of benzene rings is 1. The number of quaternary nitrogens is 1. The third-order valence-corrected chi connectivity index (χ3v) is 6.82. The maximum atomic E-state index is 14.3. The van der Waals surface area contributed by atoms with Crippen molar-refractivity contribution in [1.29, 1.82) is 0 Å². The van der Waals surface area contributed by atoms with Crippen molar-refractivity contribution in [2.75, 3.05) is 19.4 Å². The van der Waals surface area contributed by atoms with Crippen molar-refractivity contribution in [3.05, 3.63) is 40.8 Å². The van der Waals surface area contributed by atoms with Gasteiger partial charge in [0, 0.05) is 31.2 Å². The van der Waals surface area contributed by atoms with E-state index in [1.165, 1.54) is 30.2 Å². The minimum Gasteiger partial charge on any atom is -1.00 e. The molecule has 2 aromatic rings. The quantitative estimate of drug-likeness (QED) is 0.718. The Labute approximate surface area is 173 Å². The van der Waals surface area contributed by atoms with Crippen LogP contribution in [0, 0.1) is 5.82 Å². The molecule has 2 aliphatic rings. The van der Waals surface area contributed by atoms with Crippen LogP contribution in [0.25, 0.3) is 11.1 Å². The summed E-state index contributed by atoms with van der Waals surface area (Å²) < 4.78 is 21.0. The van der Waals surface area contributed by atoms with Gasteiger partial charge >= 0.3 is 6.09 Å². The maximum Gasteiger partial charge on any atom is 0.412 e. The second kappa shape index (κ2) is 7.89. The lowest BCUT2D eigenvalue weighted by Gasteiger charge is -2.43. The van der Waals surface area contributed by atoms with E-state index in [0.717, 1.165) is 22.9 Å². The zero-order chi connectivity index (χ0) is 18.3. The van der Waals surface area contributed by atoms with Crippen LogP contribution in [0.2, 0.25) is 0 Å². The Balaban J connectivity index is 0.00000210. The summed E-state index contributed by atoms with van der Waals surface area (Å²) in [6, 6.07) is 7.81. The van der Waals surface area contributed by atoms with E-state index in [-0.39, 0.29) is 28.8 Å². The summed E-state index contributed by atoms with van der Waals surface area (Å²) >= 11 is 1.54. The third kappa shape index (κ3) is 3.91. The smallest absolute Gasteiger partial charge is 0.412 e. The van der Waals surface area contributed by atoms with Crippen LogP contribution in [-0.4, -0.2) is 42.9 Å². The standard InChI is InChI=1S/C20H23FN2O2S.BrH/c1-23(2)14-6-7-15(23)11-16(10-14)25-20(24)22-19-17(4-3-5-18(19)21)13-8-9-26-12-13;/h3-5,8-9,12,14-16H,6-7,10-11H2,1-2H3;1H/t14-,15+,16+;. The first-order valence-corrected chi connectivity index (χ1v) is 10.0. The van der Waals surface area contributed by atoms with Crippen molar-refractivity contribution in [2.24, 2.45) is 0 Å². The zero-order valence-electron chi connectivity index (χ0n) is 15.5. The second-order valence-electron chi connectivity index (χ2n) is 7.81. The van der Waals surface area contributed by atoms with Gasteiger partial charge in [-0.15, -0.1) is 0 Å². The van der Waals surface area contributed by atoms with Crippen LogP contribution in [0.1, 0.15) is 25.7 Å². The van der Waals surface area contributed by atoms with E-state index < -0.39 is 11.9 Å². The number of fused-ring (bicyclic) bond motifs is 2. The molecular formula is C20H24BrFN2O2S. The molecule has 7 heteroatoms. The van der Waals surface area contributed by atoms with Crippen LogP contribution in [-0.2, 0) is 4.74 Å². The molecule has 3 atom stereocenters. The van der Waals surface area contributed by atoms with Crippen LogP contribution in [0.5, 0.6) is 0 Å². The third-order valence-electron chi connectivity index (χ3n) is 6.13. The van der Waals surface area contributed by atoms with Gasteiger partial charge < -0.3 is 26.2 Å². The molecule has 2 aliphatic heterocycles. The number of para-hydroxylation sites is 1. The van der Waals surface area contributed by atoms with Gasteiger partial charge in [-0.1, -0.05) is 12.1 Å². The van der Waals surface area contributed by atoms with Gasteiger partial charge in [-0.2, -0.15) is 11.3 Å².